The highest BCUT2D eigenvalue weighted by atomic mass is 16.5. The van der Waals surface area contributed by atoms with Crippen LogP contribution in [0.1, 0.15) is 34.1 Å². The molecule has 6 heteroatoms. The number of ether oxygens (including phenoxy) is 2. The van der Waals surface area contributed by atoms with Gasteiger partial charge >= 0.3 is 0 Å². The second-order valence-electron chi connectivity index (χ2n) is 6.42. The Hall–Kier alpha value is -1.95. The summed E-state index contributed by atoms with van der Waals surface area (Å²) >= 11 is 0. The van der Waals surface area contributed by atoms with Crippen LogP contribution in [0.4, 0.5) is 5.69 Å². The van der Waals surface area contributed by atoms with Gasteiger partial charge in [-0.2, -0.15) is 0 Å². The highest BCUT2D eigenvalue weighted by molar-refractivity contribution is 5.94. The SMILES string of the molecule is CCN(CC)C(CN=C(N)Nc1cc(OC)ccc1OC)CC(C)C. The van der Waals surface area contributed by atoms with Gasteiger partial charge in [0.05, 0.1) is 26.5 Å². The molecule has 0 spiro atoms. The van der Waals surface area contributed by atoms with Gasteiger partial charge in [0.2, 0.25) is 0 Å². The molecule has 3 N–H and O–H groups in total. The molecule has 0 radical (unpaired) electrons. The molecule has 25 heavy (non-hydrogen) atoms. The van der Waals surface area contributed by atoms with E-state index in [2.05, 4.69) is 42.9 Å². The quantitative estimate of drug-likeness (QED) is 0.501. The maximum absolute atomic E-state index is 6.11. The molecule has 0 bridgehead atoms. The van der Waals surface area contributed by atoms with Crippen LogP contribution < -0.4 is 20.5 Å². The summed E-state index contributed by atoms with van der Waals surface area (Å²) < 4.78 is 10.6. The van der Waals surface area contributed by atoms with Crippen molar-refractivity contribution >= 4 is 11.6 Å². The molecule has 0 aliphatic rings. The first-order valence-electron chi connectivity index (χ1n) is 8.98. The third-order valence-corrected chi connectivity index (χ3v) is 4.21. The summed E-state index contributed by atoms with van der Waals surface area (Å²) in [6.07, 6.45) is 1.10. The minimum atomic E-state index is 0.382. The van der Waals surface area contributed by atoms with Crippen molar-refractivity contribution in [2.24, 2.45) is 16.6 Å². The predicted octanol–water partition coefficient (Wildman–Crippen LogP) is 3.19. The first kappa shape index (κ1) is 21.1. The molecule has 1 unspecified atom stereocenters. The lowest BCUT2D eigenvalue weighted by Crippen LogP contribution is -2.39. The zero-order chi connectivity index (χ0) is 18.8. The Morgan fingerprint density at radius 3 is 2.40 bits per heavy atom. The van der Waals surface area contributed by atoms with Crippen molar-refractivity contribution in [3.63, 3.8) is 0 Å². The van der Waals surface area contributed by atoms with Gasteiger partial charge < -0.3 is 20.5 Å². The zero-order valence-electron chi connectivity index (χ0n) is 16.5. The van der Waals surface area contributed by atoms with Crippen molar-refractivity contribution < 1.29 is 9.47 Å². The molecule has 6 nitrogen and oxygen atoms in total. The molecule has 1 aromatic rings. The molecule has 0 heterocycles. The van der Waals surface area contributed by atoms with Crippen molar-refractivity contribution in [3.05, 3.63) is 18.2 Å². The van der Waals surface area contributed by atoms with Gasteiger partial charge in [-0.1, -0.05) is 27.7 Å². The normalized spacial score (nSPS) is 13.2. The maximum Gasteiger partial charge on any atom is 0.193 e. The summed E-state index contributed by atoms with van der Waals surface area (Å²) in [7, 11) is 3.25. The van der Waals surface area contributed by atoms with Crippen molar-refractivity contribution in [2.45, 2.75) is 40.2 Å². The average Bonchev–Trinajstić information content (AvgIpc) is 2.60. The van der Waals surface area contributed by atoms with Crippen LogP contribution in [0.2, 0.25) is 0 Å². The monoisotopic (exact) mass is 350 g/mol. The minimum Gasteiger partial charge on any atom is -0.497 e. The minimum absolute atomic E-state index is 0.382. The number of hydrogen-bond donors (Lipinski definition) is 2. The third-order valence-electron chi connectivity index (χ3n) is 4.21. The largest absolute Gasteiger partial charge is 0.497 e. The molecule has 0 aliphatic carbocycles. The van der Waals surface area contributed by atoms with Gasteiger partial charge in [0.1, 0.15) is 11.5 Å². The van der Waals surface area contributed by atoms with Gasteiger partial charge in [-0.15, -0.1) is 0 Å². The Bertz CT molecular complexity index is 542. The number of aliphatic imine (C=N–C) groups is 1. The zero-order valence-corrected chi connectivity index (χ0v) is 16.5. The van der Waals surface area contributed by atoms with Crippen molar-refractivity contribution in [1.29, 1.82) is 0 Å². The number of likely N-dealkylation sites (N-methyl/N-ethyl adjacent to an activating group) is 1. The summed E-state index contributed by atoms with van der Waals surface area (Å²) in [6.45, 7) is 11.5. The van der Waals surface area contributed by atoms with E-state index in [4.69, 9.17) is 15.2 Å². The van der Waals surface area contributed by atoms with Crippen LogP contribution >= 0.6 is 0 Å². The van der Waals surface area contributed by atoms with E-state index in [0.717, 1.165) is 30.9 Å². The van der Waals surface area contributed by atoms with E-state index in [0.29, 0.717) is 30.2 Å². The second-order valence-corrected chi connectivity index (χ2v) is 6.42. The number of rotatable bonds is 10. The number of methoxy groups -OCH3 is 2. The Morgan fingerprint density at radius 2 is 1.88 bits per heavy atom. The molecule has 1 aromatic carbocycles. The first-order valence-corrected chi connectivity index (χ1v) is 8.98. The number of nitrogens with two attached hydrogens (primary N) is 1. The lowest BCUT2D eigenvalue weighted by molar-refractivity contribution is 0.196. The molecule has 0 fully saturated rings. The Labute approximate surface area is 152 Å². The van der Waals surface area contributed by atoms with E-state index in [9.17, 15) is 0 Å². The fourth-order valence-corrected chi connectivity index (χ4v) is 2.92. The van der Waals surface area contributed by atoms with Crippen LogP contribution in [-0.2, 0) is 0 Å². The molecule has 142 valence electrons. The van der Waals surface area contributed by atoms with Gasteiger partial charge in [0, 0.05) is 12.1 Å². The smallest absolute Gasteiger partial charge is 0.193 e. The van der Waals surface area contributed by atoms with Crippen LogP contribution in [0, 0.1) is 5.92 Å². The molecule has 1 rings (SSSR count). The van der Waals surface area contributed by atoms with Gasteiger partial charge in [-0.25, -0.2) is 0 Å². The van der Waals surface area contributed by atoms with E-state index < -0.39 is 0 Å². The molecular formula is C19H34N4O2. The van der Waals surface area contributed by atoms with Crippen LogP contribution in [0.5, 0.6) is 11.5 Å². The summed E-state index contributed by atoms with van der Waals surface area (Å²) in [6, 6.07) is 5.92. The predicted molar refractivity (Wildman–Crippen MR) is 106 cm³/mol. The van der Waals surface area contributed by atoms with E-state index in [-0.39, 0.29) is 0 Å². The molecule has 0 aliphatic heterocycles. The summed E-state index contributed by atoms with van der Waals surface area (Å²) in [5.41, 5.74) is 6.85. The highest BCUT2D eigenvalue weighted by Gasteiger charge is 2.17. The van der Waals surface area contributed by atoms with Gasteiger partial charge in [0.25, 0.3) is 0 Å². The molecule has 1 atom stereocenters. The Morgan fingerprint density at radius 1 is 1.20 bits per heavy atom. The highest BCUT2D eigenvalue weighted by Crippen LogP contribution is 2.28. The van der Waals surface area contributed by atoms with Crippen molar-refractivity contribution in [2.75, 3.05) is 39.2 Å². The van der Waals surface area contributed by atoms with E-state index in [1.54, 1.807) is 14.2 Å². The standard InChI is InChI=1S/C19H34N4O2/c1-7-23(8-2)15(11-14(3)4)13-21-19(20)22-17-12-16(24-5)9-10-18(17)25-6/h9-10,12,14-15H,7-8,11,13H2,1-6H3,(H3,20,21,22). The number of hydrogen-bond acceptors (Lipinski definition) is 4. The lowest BCUT2D eigenvalue weighted by atomic mass is 10.0. The van der Waals surface area contributed by atoms with Crippen LogP contribution in [-0.4, -0.2) is 50.8 Å². The molecule has 0 saturated carbocycles. The number of benzene rings is 1. The number of anilines is 1. The van der Waals surface area contributed by atoms with Crippen LogP contribution in [0.15, 0.2) is 23.2 Å². The molecule has 0 saturated heterocycles. The van der Waals surface area contributed by atoms with Gasteiger partial charge in [-0.05, 0) is 37.6 Å². The van der Waals surface area contributed by atoms with Crippen molar-refractivity contribution in [3.8, 4) is 11.5 Å². The first-order chi connectivity index (χ1) is 11.9. The number of nitrogens with zero attached hydrogens (tertiary/aromatic N) is 2. The molecule has 0 amide bonds. The summed E-state index contributed by atoms with van der Waals surface area (Å²) in [5, 5.41) is 3.12. The lowest BCUT2D eigenvalue weighted by Gasteiger charge is -2.29. The van der Waals surface area contributed by atoms with Crippen LogP contribution in [0.25, 0.3) is 0 Å². The van der Waals surface area contributed by atoms with Crippen LogP contribution in [0.3, 0.4) is 0 Å². The van der Waals surface area contributed by atoms with Gasteiger partial charge in [0.15, 0.2) is 5.96 Å². The molecule has 0 aromatic heterocycles. The average molecular weight is 351 g/mol. The Kier molecular flexibility index (Phi) is 9.13. The van der Waals surface area contributed by atoms with Gasteiger partial charge in [-0.3, -0.25) is 9.89 Å². The topological polar surface area (TPSA) is 72.1 Å². The van der Waals surface area contributed by atoms with Crippen molar-refractivity contribution in [1.82, 2.24) is 4.90 Å². The Balaban J connectivity index is 2.85. The third kappa shape index (κ3) is 6.82. The van der Waals surface area contributed by atoms with E-state index in [1.807, 2.05) is 18.2 Å². The fraction of sp³-hybridized carbons (Fsp3) is 0.632. The van der Waals surface area contributed by atoms with E-state index >= 15 is 0 Å². The van der Waals surface area contributed by atoms with E-state index in [1.165, 1.54) is 0 Å². The summed E-state index contributed by atoms with van der Waals surface area (Å²) in [5.74, 6) is 2.43. The molecular weight excluding hydrogens is 316 g/mol. The second kappa shape index (κ2) is 10.8. The fourth-order valence-electron chi connectivity index (χ4n) is 2.92. The maximum atomic E-state index is 6.11. The summed E-state index contributed by atoms with van der Waals surface area (Å²) in [4.78, 5) is 7.00. The number of nitrogens with one attached hydrogen (secondary N) is 1. The number of guanidine groups is 1.